The highest BCUT2D eigenvalue weighted by molar-refractivity contribution is 7.98. The minimum atomic E-state index is 0.764. The lowest BCUT2D eigenvalue weighted by atomic mass is 10.2. The molecule has 2 aromatic rings. The van der Waals surface area contributed by atoms with Crippen molar-refractivity contribution in [3.8, 4) is 0 Å². The molecule has 0 saturated heterocycles. The van der Waals surface area contributed by atoms with E-state index in [4.69, 9.17) is 11.6 Å². The normalized spacial score (nSPS) is 10.4. The zero-order valence-corrected chi connectivity index (χ0v) is 10.4. The monoisotopic (exact) mass is 250 g/mol. The third kappa shape index (κ3) is 3.22. The summed E-state index contributed by atoms with van der Waals surface area (Å²) in [6, 6.07) is 9.73. The Hall–Kier alpha value is -1.06. The number of aryl methyl sites for hydroxylation is 1. The Kier molecular flexibility index (Phi) is 3.80. The van der Waals surface area contributed by atoms with Crippen molar-refractivity contribution in [3.63, 3.8) is 0 Å². The largest absolute Gasteiger partial charge is 0.231 e. The minimum absolute atomic E-state index is 0.764. The molecule has 0 atom stereocenters. The van der Waals surface area contributed by atoms with Crippen LogP contribution in [0.5, 0.6) is 0 Å². The van der Waals surface area contributed by atoms with Gasteiger partial charge in [-0.05, 0) is 30.7 Å². The van der Waals surface area contributed by atoms with Crippen molar-refractivity contribution in [3.05, 3.63) is 52.8 Å². The fourth-order valence-corrected chi connectivity index (χ4v) is 2.18. The van der Waals surface area contributed by atoms with Crippen molar-refractivity contribution < 1.29 is 0 Å². The summed E-state index contributed by atoms with van der Waals surface area (Å²) >= 11 is 7.45. The van der Waals surface area contributed by atoms with Crippen molar-refractivity contribution in [1.82, 2.24) is 9.97 Å². The van der Waals surface area contributed by atoms with Gasteiger partial charge in [-0.25, -0.2) is 9.97 Å². The van der Waals surface area contributed by atoms with Crippen LogP contribution in [0.2, 0.25) is 5.02 Å². The van der Waals surface area contributed by atoms with Gasteiger partial charge in [-0.1, -0.05) is 35.5 Å². The van der Waals surface area contributed by atoms with Crippen molar-refractivity contribution in [1.29, 1.82) is 0 Å². The Bertz CT molecular complexity index is 471. The van der Waals surface area contributed by atoms with Gasteiger partial charge in [-0.2, -0.15) is 0 Å². The third-order valence-electron chi connectivity index (χ3n) is 2.05. The van der Waals surface area contributed by atoms with Crippen LogP contribution in [0, 0.1) is 6.92 Å². The van der Waals surface area contributed by atoms with Gasteiger partial charge in [0.1, 0.15) is 0 Å². The van der Waals surface area contributed by atoms with E-state index in [1.807, 2.05) is 37.3 Å². The fraction of sp³-hybridized carbons (Fsp3) is 0.167. The smallest absolute Gasteiger partial charge is 0.188 e. The fourth-order valence-electron chi connectivity index (χ4n) is 1.22. The molecular formula is C12H11ClN2S. The summed E-state index contributed by atoms with van der Waals surface area (Å²) in [5.74, 6) is 0.862. The van der Waals surface area contributed by atoms with E-state index in [1.165, 1.54) is 5.56 Å². The van der Waals surface area contributed by atoms with Gasteiger partial charge >= 0.3 is 0 Å². The van der Waals surface area contributed by atoms with Crippen LogP contribution in [0.4, 0.5) is 0 Å². The summed E-state index contributed by atoms with van der Waals surface area (Å²) < 4.78 is 0. The molecule has 0 radical (unpaired) electrons. The Morgan fingerprint density at radius 2 is 1.94 bits per heavy atom. The van der Waals surface area contributed by atoms with Gasteiger partial charge in [-0.15, -0.1) is 0 Å². The highest BCUT2D eigenvalue weighted by atomic mass is 35.5. The average molecular weight is 251 g/mol. The number of hydrogen-bond donors (Lipinski definition) is 0. The highest BCUT2D eigenvalue weighted by Crippen LogP contribution is 2.20. The Morgan fingerprint density at radius 3 is 2.62 bits per heavy atom. The number of benzene rings is 1. The molecule has 2 rings (SSSR count). The topological polar surface area (TPSA) is 25.8 Å². The molecule has 0 aliphatic rings. The van der Waals surface area contributed by atoms with Gasteiger partial charge in [-0.3, -0.25) is 0 Å². The molecule has 0 bridgehead atoms. The van der Waals surface area contributed by atoms with Crippen LogP contribution < -0.4 is 0 Å². The van der Waals surface area contributed by atoms with Crippen molar-refractivity contribution in [2.24, 2.45) is 0 Å². The maximum Gasteiger partial charge on any atom is 0.188 e. The highest BCUT2D eigenvalue weighted by Gasteiger charge is 1.99. The Labute approximate surface area is 104 Å². The predicted octanol–water partition coefficient (Wildman–Crippen LogP) is 3.73. The molecule has 16 heavy (non-hydrogen) atoms. The van der Waals surface area contributed by atoms with E-state index in [1.54, 1.807) is 18.0 Å². The molecule has 1 heterocycles. The number of nitrogens with zero attached hydrogens (tertiary/aromatic N) is 2. The third-order valence-corrected chi connectivity index (χ3v) is 3.24. The first-order valence-corrected chi connectivity index (χ1v) is 6.27. The van der Waals surface area contributed by atoms with E-state index in [2.05, 4.69) is 9.97 Å². The van der Waals surface area contributed by atoms with Crippen LogP contribution in [0.25, 0.3) is 0 Å². The van der Waals surface area contributed by atoms with Crippen LogP contribution in [0.15, 0.2) is 41.7 Å². The lowest BCUT2D eigenvalue weighted by molar-refractivity contribution is 0.932. The Balaban J connectivity index is 1.99. The number of thioether (sulfide) groups is 1. The van der Waals surface area contributed by atoms with Gasteiger partial charge in [0.15, 0.2) is 5.16 Å². The molecule has 0 unspecified atom stereocenters. The molecule has 82 valence electrons. The first-order valence-electron chi connectivity index (χ1n) is 4.91. The molecule has 0 amide bonds. The van der Waals surface area contributed by atoms with Gasteiger partial charge in [0.2, 0.25) is 0 Å². The van der Waals surface area contributed by atoms with Crippen LogP contribution in [-0.2, 0) is 5.75 Å². The number of rotatable bonds is 3. The van der Waals surface area contributed by atoms with Crippen LogP contribution in [0.1, 0.15) is 11.3 Å². The maximum atomic E-state index is 5.82. The van der Waals surface area contributed by atoms with E-state index in [9.17, 15) is 0 Å². The molecule has 0 N–H and O–H groups in total. The summed E-state index contributed by atoms with van der Waals surface area (Å²) in [4.78, 5) is 8.53. The van der Waals surface area contributed by atoms with Crippen molar-refractivity contribution >= 4 is 23.4 Å². The van der Waals surface area contributed by atoms with E-state index in [-0.39, 0.29) is 0 Å². The number of hydrogen-bond acceptors (Lipinski definition) is 3. The van der Waals surface area contributed by atoms with E-state index < -0.39 is 0 Å². The first-order chi connectivity index (χ1) is 7.74. The maximum absolute atomic E-state index is 5.82. The molecule has 4 heteroatoms. The quantitative estimate of drug-likeness (QED) is 0.613. The molecular weight excluding hydrogens is 240 g/mol. The second kappa shape index (κ2) is 5.32. The standard InChI is InChI=1S/C12H11ClN2S/c1-9-6-7-14-12(15-9)16-8-10-2-4-11(13)5-3-10/h2-7H,8H2,1H3. The van der Waals surface area contributed by atoms with E-state index in [0.717, 1.165) is 21.6 Å². The van der Waals surface area contributed by atoms with Gasteiger partial charge in [0, 0.05) is 22.7 Å². The Morgan fingerprint density at radius 1 is 1.19 bits per heavy atom. The predicted molar refractivity (Wildman–Crippen MR) is 67.8 cm³/mol. The molecule has 0 saturated carbocycles. The zero-order chi connectivity index (χ0) is 11.4. The molecule has 0 spiro atoms. The number of aromatic nitrogens is 2. The SMILES string of the molecule is Cc1ccnc(SCc2ccc(Cl)cc2)n1. The second-order valence-electron chi connectivity index (χ2n) is 3.40. The van der Waals surface area contributed by atoms with E-state index in [0.29, 0.717) is 0 Å². The van der Waals surface area contributed by atoms with Gasteiger partial charge < -0.3 is 0 Å². The van der Waals surface area contributed by atoms with Gasteiger partial charge in [0.05, 0.1) is 0 Å². The molecule has 2 nitrogen and oxygen atoms in total. The molecule has 0 aliphatic heterocycles. The van der Waals surface area contributed by atoms with Crippen molar-refractivity contribution in [2.75, 3.05) is 0 Å². The number of halogens is 1. The van der Waals surface area contributed by atoms with Gasteiger partial charge in [0.25, 0.3) is 0 Å². The molecule has 1 aromatic heterocycles. The zero-order valence-electron chi connectivity index (χ0n) is 8.85. The average Bonchev–Trinajstić information content (AvgIpc) is 2.28. The summed E-state index contributed by atoms with van der Waals surface area (Å²) in [5, 5.41) is 1.58. The molecule has 1 aromatic carbocycles. The summed E-state index contributed by atoms with van der Waals surface area (Å²) in [6.45, 7) is 1.97. The molecule has 0 fully saturated rings. The lowest BCUT2D eigenvalue weighted by Crippen LogP contribution is -1.89. The summed E-state index contributed by atoms with van der Waals surface area (Å²) in [7, 11) is 0. The summed E-state index contributed by atoms with van der Waals surface area (Å²) in [5.41, 5.74) is 2.22. The molecule has 0 aliphatic carbocycles. The van der Waals surface area contributed by atoms with Crippen LogP contribution in [-0.4, -0.2) is 9.97 Å². The lowest BCUT2D eigenvalue weighted by Gasteiger charge is -2.01. The summed E-state index contributed by atoms with van der Waals surface area (Å²) in [6.07, 6.45) is 1.78. The van der Waals surface area contributed by atoms with Crippen LogP contribution >= 0.6 is 23.4 Å². The first kappa shape index (κ1) is 11.4. The van der Waals surface area contributed by atoms with Crippen molar-refractivity contribution in [2.45, 2.75) is 17.8 Å². The van der Waals surface area contributed by atoms with Crippen LogP contribution in [0.3, 0.4) is 0 Å². The minimum Gasteiger partial charge on any atom is -0.231 e. The van der Waals surface area contributed by atoms with E-state index >= 15 is 0 Å². The second-order valence-corrected chi connectivity index (χ2v) is 4.77.